The van der Waals surface area contributed by atoms with E-state index in [2.05, 4.69) is 48.1 Å². The van der Waals surface area contributed by atoms with Crippen LogP contribution in [0.4, 0.5) is 0 Å². The maximum Gasteiger partial charge on any atom is 0.159 e. The highest BCUT2D eigenvalue weighted by atomic mass is 16.5. The fourth-order valence-corrected chi connectivity index (χ4v) is 4.87. The molecule has 0 saturated heterocycles. The molecule has 0 radical (unpaired) electrons. The number of aryl methyl sites for hydroxylation is 2. The van der Waals surface area contributed by atoms with Crippen molar-refractivity contribution >= 4 is 0 Å². The lowest BCUT2D eigenvalue weighted by Crippen LogP contribution is -1.97. The Balaban J connectivity index is 1.34. The first kappa shape index (κ1) is 29.9. The molecule has 0 amide bonds. The summed E-state index contributed by atoms with van der Waals surface area (Å²) < 4.78 is 6.03. The lowest BCUT2D eigenvalue weighted by molar-refractivity contribution is 0.306. The molecular formula is C35H50N2O. The molecule has 0 atom stereocenters. The lowest BCUT2D eigenvalue weighted by Gasteiger charge is -2.09. The van der Waals surface area contributed by atoms with E-state index >= 15 is 0 Å². The number of hydrogen-bond donors (Lipinski definition) is 0. The molecule has 3 rings (SSSR count). The SMILES string of the molecule is CCCCCCCCCCc1ccc(COc2ccc(-c3ncc(CCCCCCCC)cn3)cc2)cc1. The molecule has 0 fully saturated rings. The number of aromatic nitrogens is 2. The van der Waals surface area contributed by atoms with Crippen LogP contribution in [0.15, 0.2) is 60.9 Å². The van der Waals surface area contributed by atoms with Gasteiger partial charge >= 0.3 is 0 Å². The Bertz CT molecular complexity index is 980. The highest BCUT2D eigenvalue weighted by Crippen LogP contribution is 2.21. The van der Waals surface area contributed by atoms with Crippen LogP contribution in [0.25, 0.3) is 11.4 Å². The summed E-state index contributed by atoms with van der Waals surface area (Å²) in [5, 5.41) is 0. The molecule has 3 aromatic rings. The summed E-state index contributed by atoms with van der Waals surface area (Å²) in [6.45, 7) is 5.12. The van der Waals surface area contributed by atoms with Crippen molar-refractivity contribution in [1.82, 2.24) is 9.97 Å². The minimum Gasteiger partial charge on any atom is -0.489 e. The van der Waals surface area contributed by atoms with Gasteiger partial charge < -0.3 is 4.74 Å². The zero-order chi connectivity index (χ0) is 26.7. The van der Waals surface area contributed by atoms with Crippen molar-refractivity contribution < 1.29 is 4.74 Å². The Hall–Kier alpha value is -2.68. The fraction of sp³-hybridized carbons (Fsp3) is 0.543. The van der Waals surface area contributed by atoms with Crippen LogP contribution in [0.2, 0.25) is 0 Å². The van der Waals surface area contributed by atoms with Crippen molar-refractivity contribution in [3.63, 3.8) is 0 Å². The van der Waals surface area contributed by atoms with Crippen LogP contribution in [0.5, 0.6) is 5.75 Å². The molecule has 0 spiro atoms. The summed E-state index contributed by atoms with van der Waals surface area (Å²) in [5.74, 6) is 1.65. The third-order valence-electron chi connectivity index (χ3n) is 7.38. The summed E-state index contributed by atoms with van der Waals surface area (Å²) in [4.78, 5) is 9.21. The van der Waals surface area contributed by atoms with E-state index in [0.29, 0.717) is 6.61 Å². The number of rotatable bonds is 20. The zero-order valence-corrected chi connectivity index (χ0v) is 24.1. The van der Waals surface area contributed by atoms with Gasteiger partial charge in [-0.25, -0.2) is 9.97 Å². The Morgan fingerprint density at radius 3 is 1.53 bits per heavy atom. The van der Waals surface area contributed by atoms with E-state index in [4.69, 9.17) is 4.74 Å². The summed E-state index contributed by atoms with van der Waals surface area (Å²) >= 11 is 0. The third kappa shape index (κ3) is 11.8. The van der Waals surface area contributed by atoms with Crippen LogP contribution in [0, 0.1) is 0 Å². The van der Waals surface area contributed by atoms with Crippen LogP contribution in [0.1, 0.15) is 120 Å². The minimum atomic E-state index is 0.584. The van der Waals surface area contributed by atoms with Crippen molar-refractivity contribution in [2.24, 2.45) is 0 Å². The van der Waals surface area contributed by atoms with Gasteiger partial charge in [-0.1, -0.05) is 115 Å². The normalized spacial score (nSPS) is 11.1. The minimum absolute atomic E-state index is 0.584. The molecule has 1 aromatic heterocycles. The van der Waals surface area contributed by atoms with Crippen molar-refractivity contribution in [3.05, 3.63) is 77.6 Å². The molecule has 0 N–H and O–H groups in total. The molecule has 0 aliphatic carbocycles. The Morgan fingerprint density at radius 1 is 0.500 bits per heavy atom. The van der Waals surface area contributed by atoms with Crippen molar-refractivity contribution in [2.75, 3.05) is 0 Å². The van der Waals surface area contributed by atoms with E-state index in [1.54, 1.807) is 0 Å². The van der Waals surface area contributed by atoms with Crippen LogP contribution >= 0.6 is 0 Å². The van der Waals surface area contributed by atoms with Crippen LogP contribution in [-0.4, -0.2) is 9.97 Å². The monoisotopic (exact) mass is 514 g/mol. The molecule has 3 nitrogen and oxygen atoms in total. The number of nitrogens with zero attached hydrogens (tertiary/aromatic N) is 2. The Labute approximate surface area is 232 Å². The van der Waals surface area contributed by atoms with Crippen molar-refractivity contribution in [1.29, 1.82) is 0 Å². The molecule has 0 unspecified atom stereocenters. The molecule has 0 bridgehead atoms. The Morgan fingerprint density at radius 2 is 0.974 bits per heavy atom. The maximum absolute atomic E-state index is 6.03. The number of unbranched alkanes of at least 4 members (excludes halogenated alkanes) is 12. The van der Waals surface area contributed by atoms with Gasteiger partial charge in [0.05, 0.1) is 0 Å². The van der Waals surface area contributed by atoms with Gasteiger partial charge in [0.25, 0.3) is 0 Å². The van der Waals surface area contributed by atoms with Crippen molar-refractivity contribution in [2.45, 2.75) is 123 Å². The largest absolute Gasteiger partial charge is 0.489 e. The van der Waals surface area contributed by atoms with Gasteiger partial charge in [-0.05, 0) is 66.6 Å². The molecule has 206 valence electrons. The summed E-state index contributed by atoms with van der Waals surface area (Å²) in [7, 11) is 0. The molecule has 0 aliphatic heterocycles. The molecule has 3 heteroatoms. The second kappa shape index (κ2) is 18.6. The molecule has 38 heavy (non-hydrogen) atoms. The van der Waals surface area contributed by atoms with Crippen LogP contribution in [0.3, 0.4) is 0 Å². The topological polar surface area (TPSA) is 35.0 Å². The molecule has 2 aromatic carbocycles. The van der Waals surface area contributed by atoms with Gasteiger partial charge in [0.15, 0.2) is 5.82 Å². The van der Waals surface area contributed by atoms with Crippen molar-refractivity contribution in [3.8, 4) is 17.1 Å². The van der Waals surface area contributed by atoms with Gasteiger partial charge in [0.1, 0.15) is 12.4 Å². The van der Waals surface area contributed by atoms with Crippen LogP contribution < -0.4 is 4.74 Å². The average molecular weight is 515 g/mol. The Kier molecular flexibility index (Phi) is 14.6. The predicted molar refractivity (Wildman–Crippen MR) is 162 cm³/mol. The van der Waals surface area contributed by atoms with Gasteiger partial charge in [-0.15, -0.1) is 0 Å². The lowest BCUT2D eigenvalue weighted by atomic mass is 10.0. The summed E-state index contributed by atoms with van der Waals surface area (Å²) in [6, 6.07) is 17.0. The highest BCUT2D eigenvalue weighted by Gasteiger charge is 2.04. The van der Waals surface area contributed by atoms with Gasteiger partial charge in [-0.3, -0.25) is 0 Å². The zero-order valence-electron chi connectivity index (χ0n) is 24.1. The number of hydrogen-bond acceptors (Lipinski definition) is 3. The standard InChI is InChI=1S/C35H50N2O/c1-3-5-7-9-11-12-14-15-17-30-19-21-31(22-20-30)29-38-34-25-23-33(24-26-34)35-36-27-32(28-37-35)18-16-13-10-8-6-4-2/h19-28H,3-18,29H2,1-2H3. The second-order valence-electron chi connectivity index (χ2n) is 10.8. The molecular weight excluding hydrogens is 464 g/mol. The first-order chi connectivity index (χ1) is 18.8. The number of ether oxygens (including phenoxy) is 1. The first-order valence-electron chi connectivity index (χ1n) is 15.4. The molecule has 1 heterocycles. The van der Waals surface area contributed by atoms with E-state index in [1.165, 1.54) is 113 Å². The van der Waals surface area contributed by atoms with E-state index in [-0.39, 0.29) is 0 Å². The maximum atomic E-state index is 6.03. The average Bonchev–Trinajstić information content (AvgIpc) is 2.96. The van der Waals surface area contributed by atoms with Gasteiger partial charge in [0, 0.05) is 18.0 Å². The predicted octanol–water partition coefficient (Wildman–Crippen LogP) is 10.3. The van der Waals surface area contributed by atoms with E-state index in [9.17, 15) is 0 Å². The van der Waals surface area contributed by atoms with Gasteiger partial charge in [-0.2, -0.15) is 0 Å². The molecule has 0 saturated carbocycles. The van der Waals surface area contributed by atoms with E-state index in [1.807, 2.05) is 36.7 Å². The smallest absolute Gasteiger partial charge is 0.159 e. The second-order valence-corrected chi connectivity index (χ2v) is 10.8. The summed E-state index contributed by atoms with van der Waals surface area (Å²) in [6.07, 6.45) is 25.1. The van der Waals surface area contributed by atoms with E-state index in [0.717, 1.165) is 23.6 Å². The van der Waals surface area contributed by atoms with Crippen LogP contribution in [-0.2, 0) is 19.4 Å². The number of benzene rings is 2. The fourth-order valence-electron chi connectivity index (χ4n) is 4.87. The van der Waals surface area contributed by atoms with E-state index < -0.39 is 0 Å². The quantitative estimate of drug-likeness (QED) is 0.141. The first-order valence-corrected chi connectivity index (χ1v) is 15.4. The highest BCUT2D eigenvalue weighted by molar-refractivity contribution is 5.55. The molecule has 0 aliphatic rings. The summed E-state index contributed by atoms with van der Waals surface area (Å²) in [5.41, 5.74) is 4.89. The van der Waals surface area contributed by atoms with Gasteiger partial charge in [0.2, 0.25) is 0 Å². The third-order valence-corrected chi connectivity index (χ3v) is 7.38.